The summed E-state index contributed by atoms with van der Waals surface area (Å²) in [5.74, 6) is 0.264. The molecule has 3 heterocycles. The Morgan fingerprint density at radius 2 is 1.69 bits per heavy atom. The highest BCUT2D eigenvalue weighted by Crippen LogP contribution is 2.30. The Bertz CT molecular complexity index is 657. The van der Waals surface area contributed by atoms with Crippen molar-refractivity contribution in [2.75, 3.05) is 52.5 Å². The maximum absolute atomic E-state index is 13.9. The Balaban J connectivity index is 1.51. The summed E-state index contributed by atoms with van der Waals surface area (Å²) < 4.78 is 5.55. The number of benzene rings is 1. The molecule has 0 spiro atoms. The first kappa shape index (κ1) is 21.1. The molecule has 3 aliphatic heterocycles. The van der Waals surface area contributed by atoms with Crippen LogP contribution in [0.25, 0.3) is 0 Å². The van der Waals surface area contributed by atoms with Crippen molar-refractivity contribution in [2.24, 2.45) is 0 Å². The maximum Gasteiger partial charge on any atom is 0.244 e. The number of likely N-dealkylation sites (tertiary alicyclic amines) is 2. The molecule has 1 amide bonds. The highest BCUT2D eigenvalue weighted by Gasteiger charge is 2.36. The third kappa shape index (κ3) is 5.32. The third-order valence-electron chi connectivity index (χ3n) is 6.72. The second-order valence-electron chi connectivity index (χ2n) is 8.62. The molecule has 1 aromatic carbocycles. The topological polar surface area (TPSA) is 36.0 Å². The summed E-state index contributed by atoms with van der Waals surface area (Å²) in [6.45, 7) is 7.43. The fourth-order valence-electron chi connectivity index (χ4n) is 5.08. The van der Waals surface area contributed by atoms with Gasteiger partial charge < -0.3 is 14.5 Å². The smallest absolute Gasteiger partial charge is 0.244 e. The Hall–Kier alpha value is -1.14. The average molecular weight is 420 g/mol. The lowest BCUT2D eigenvalue weighted by Crippen LogP contribution is -2.52. The zero-order valence-corrected chi connectivity index (χ0v) is 18.2. The standard InChI is InChI=1S/C23H34ClN3O2/c24-20-8-6-19(7-9-20)22(26-15-17-29-18-16-26)23(28)27-13-2-1-5-21(27)10-14-25-11-3-4-12-25/h6-9,21-22H,1-5,10-18H2/t21-,22-/m0/s1. The van der Waals surface area contributed by atoms with E-state index in [1.807, 2.05) is 24.3 Å². The van der Waals surface area contributed by atoms with Gasteiger partial charge >= 0.3 is 0 Å². The number of nitrogens with zero attached hydrogens (tertiary/aromatic N) is 3. The van der Waals surface area contributed by atoms with Crippen LogP contribution in [0.4, 0.5) is 0 Å². The molecule has 160 valence electrons. The highest BCUT2D eigenvalue weighted by molar-refractivity contribution is 6.30. The van der Waals surface area contributed by atoms with Gasteiger partial charge in [-0.1, -0.05) is 23.7 Å². The predicted octanol–water partition coefficient (Wildman–Crippen LogP) is 3.58. The van der Waals surface area contributed by atoms with Crippen molar-refractivity contribution >= 4 is 17.5 Å². The molecule has 29 heavy (non-hydrogen) atoms. The van der Waals surface area contributed by atoms with Crippen LogP contribution in [0.3, 0.4) is 0 Å². The molecular weight excluding hydrogens is 386 g/mol. The molecule has 6 heteroatoms. The minimum absolute atomic E-state index is 0.233. The molecule has 1 aromatic rings. The molecule has 2 atom stereocenters. The van der Waals surface area contributed by atoms with Crippen LogP contribution in [0.1, 0.15) is 50.1 Å². The molecule has 3 aliphatic rings. The number of ether oxygens (including phenoxy) is 1. The number of hydrogen-bond acceptors (Lipinski definition) is 4. The quantitative estimate of drug-likeness (QED) is 0.706. The van der Waals surface area contributed by atoms with Gasteiger partial charge in [-0.05, 0) is 69.3 Å². The normalized spacial score (nSPS) is 25.3. The number of hydrogen-bond donors (Lipinski definition) is 0. The van der Waals surface area contributed by atoms with Gasteiger partial charge in [0.15, 0.2) is 0 Å². The Labute approximate surface area is 179 Å². The van der Waals surface area contributed by atoms with Crippen LogP contribution in [-0.4, -0.2) is 79.1 Å². The highest BCUT2D eigenvalue weighted by atomic mass is 35.5. The SMILES string of the molecule is O=C([C@H](c1ccc(Cl)cc1)N1CCOCC1)N1CCCC[C@H]1CCN1CCCC1. The van der Waals surface area contributed by atoms with Crippen molar-refractivity contribution in [1.29, 1.82) is 0 Å². The summed E-state index contributed by atoms with van der Waals surface area (Å²) in [7, 11) is 0. The van der Waals surface area contributed by atoms with E-state index < -0.39 is 0 Å². The first-order chi connectivity index (χ1) is 14.2. The van der Waals surface area contributed by atoms with E-state index in [2.05, 4.69) is 14.7 Å². The second kappa shape index (κ2) is 10.3. The maximum atomic E-state index is 13.9. The molecule has 0 aromatic heterocycles. The molecule has 5 nitrogen and oxygen atoms in total. The van der Waals surface area contributed by atoms with Gasteiger partial charge in [0.05, 0.1) is 13.2 Å². The first-order valence-corrected chi connectivity index (χ1v) is 11.7. The molecule has 0 unspecified atom stereocenters. The van der Waals surface area contributed by atoms with Crippen LogP contribution in [0.15, 0.2) is 24.3 Å². The summed E-state index contributed by atoms with van der Waals surface area (Å²) in [6.07, 6.45) is 7.23. The number of carbonyl (C=O) groups is 1. The zero-order valence-electron chi connectivity index (χ0n) is 17.4. The van der Waals surface area contributed by atoms with Crippen molar-refractivity contribution in [1.82, 2.24) is 14.7 Å². The fourth-order valence-corrected chi connectivity index (χ4v) is 5.20. The number of morpholine rings is 1. The average Bonchev–Trinajstić information content (AvgIpc) is 3.28. The van der Waals surface area contributed by atoms with Crippen LogP contribution in [0.2, 0.25) is 5.02 Å². The Kier molecular flexibility index (Phi) is 7.46. The van der Waals surface area contributed by atoms with Gasteiger partial charge in [0, 0.05) is 37.2 Å². The third-order valence-corrected chi connectivity index (χ3v) is 6.97. The molecular formula is C23H34ClN3O2. The predicted molar refractivity (Wildman–Crippen MR) is 116 cm³/mol. The number of piperidine rings is 1. The van der Waals surface area contributed by atoms with Crippen LogP contribution < -0.4 is 0 Å². The summed E-state index contributed by atoms with van der Waals surface area (Å²) in [4.78, 5) is 20.9. The van der Waals surface area contributed by atoms with Crippen molar-refractivity contribution in [3.8, 4) is 0 Å². The van der Waals surface area contributed by atoms with E-state index in [0.29, 0.717) is 24.3 Å². The minimum Gasteiger partial charge on any atom is -0.379 e. The van der Waals surface area contributed by atoms with E-state index in [1.165, 1.54) is 32.4 Å². The van der Waals surface area contributed by atoms with Crippen molar-refractivity contribution in [2.45, 2.75) is 50.6 Å². The summed E-state index contributed by atoms with van der Waals surface area (Å²) in [5.41, 5.74) is 1.05. The van der Waals surface area contributed by atoms with Gasteiger partial charge in [-0.25, -0.2) is 0 Å². The number of carbonyl (C=O) groups excluding carboxylic acids is 1. The van der Waals surface area contributed by atoms with E-state index in [4.69, 9.17) is 16.3 Å². The Morgan fingerprint density at radius 1 is 1.00 bits per heavy atom. The molecule has 0 aliphatic carbocycles. The summed E-state index contributed by atoms with van der Waals surface area (Å²) >= 11 is 6.12. The lowest BCUT2D eigenvalue weighted by Gasteiger charge is -2.42. The minimum atomic E-state index is -0.233. The summed E-state index contributed by atoms with van der Waals surface area (Å²) in [5, 5.41) is 0.711. The van der Waals surface area contributed by atoms with E-state index in [1.54, 1.807) is 0 Å². The molecule has 0 saturated carbocycles. The summed E-state index contributed by atoms with van der Waals surface area (Å²) in [6, 6.07) is 7.97. The molecule has 3 saturated heterocycles. The van der Waals surface area contributed by atoms with Gasteiger partial charge in [-0.15, -0.1) is 0 Å². The first-order valence-electron chi connectivity index (χ1n) is 11.3. The molecule has 0 bridgehead atoms. The molecule has 3 fully saturated rings. The number of amides is 1. The van der Waals surface area contributed by atoms with E-state index in [0.717, 1.165) is 51.0 Å². The van der Waals surface area contributed by atoms with Gasteiger partial charge in [0.1, 0.15) is 6.04 Å². The second-order valence-corrected chi connectivity index (χ2v) is 9.06. The van der Waals surface area contributed by atoms with Crippen LogP contribution in [-0.2, 0) is 9.53 Å². The fraction of sp³-hybridized carbons (Fsp3) is 0.696. The lowest BCUT2D eigenvalue weighted by molar-refractivity contribution is -0.143. The molecule has 0 radical (unpaired) electrons. The van der Waals surface area contributed by atoms with Crippen LogP contribution >= 0.6 is 11.6 Å². The van der Waals surface area contributed by atoms with Gasteiger partial charge in [0.25, 0.3) is 0 Å². The van der Waals surface area contributed by atoms with E-state index >= 15 is 0 Å². The van der Waals surface area contributed by atoms with E-state index in [9.17, 15) is 4.79 Å². The molecule has 4 rings (SSSR count). The monoisotopic (exact) mass is 419 g/mol. The largest absolute Gasteiger partial charge is 0.379 e. The number of halogens is 1. The van der Waals surface area contributed by atoms with Crippen LogP contribution in [0.5, 0.6) is 0 Å². The van der Waals surface area contributed by atoms with Crippen molar-refractivity contribution in [3.63, 3.8) is 0 Å². The molecule has 0 N–H and O–H groups in total. The number of rotatable bonds is 6. The van der Waals surface area contributed by atoms with Crippen LogP contribution in [0, 0.1) is 0 Å². The Morgan fingerprint density at radius 3 is 2.41 bits per heavy atom. The van der Waals surface area contributed by atoms with Gasteiger partial charge in [0.2, 0.25) is 5.91 Å². The zero-order chi connectivity index (χ0) is 20.1. The van der Waals surface area contributed by atoms with Gasteiger partial charge in [-0.2, -0.15) is 0 Å². The van der Waals surface area contributed by atoms with Gasteiger partial charge in [-0.3, -0.25) is 9.69 Å². The lowest BCUT2D eigenvalue weighted by atomic mass is 9.95. The van der Waals surface area contributed by atoms with Crippen molar-refractivity contribution < 1.29 is 9.53 Å². The van der Waals surface area contributed by atoms with E-state index in [-0.39, 0.29) is 11.9 Å². The van der Waals surface area contributed by atoms with Crippen molar-refractivity contribution in [3.05, 3.63) is 34.9 Å².